The third-order valence-corrected chi connectivity index (χ3v) is 29.3. The summed E-state index contributed by atoms with van der Waals surface area (Å²) >= 11 is -1.56. The van der Waals surface area contributed by atoms with E-state index in [1.54, 1.807) is 3.80 Å². The van der Waals surface area contributed by atoms with E-state index in [1.807, 2.05) is 0 Å². The molecule has 0 nitrogen and oxygen atoms in total. The topological polar surface area (TPSA) is 0 Å². The van der Waals surface area contributed by atoms with Crippen LogP contribution in [0, 0.1) is 0 Å². The molecule has 84 valence electrons. The van der Waals surface area contributed by atoms with E-state index in [9.17, 15) is 0 Å². The van der Waals surface area contributed by atoms with E-state index in [-0.39, 0.29) is 0 Å². The van der Waals surface area contributed by atoms with Crippen LogP contribution in [0.2, 0.25) is 30.8 Å². The van der Waals surface area contributed by atoms with E-state index in [1.165, 1.54) is 0 Å². The molecule has 0 amide bonds. The van der Waals surface area contributed by atoms with Gasteiger partial charge >= 0.3 is 109 Å². The summed E-state index contributed by atoms with van der Waals surface area (Å²) in [5, 5.41) is 0. The van der Waals surface area contributed by atoms with Crippen LogP contribution < -0.4 is 0 Å². The van der Waals surface area contributed by atoms with Gasteiger partial charge in [-0.25, -0.2) is 0 Å². The molecule has 2 aliphatic carbocycles. The van der Waals surface area contributed by atoms with Gasteiger partial charge in [0.05, 0.1) is 0 Å². The molecular formula is C14H21HfSi+. The third kappa shape index (κ3) is 3.27. The normalized spacial score (nSPS) is 20.2. The van der Waals surface area contributed by atoms with E-state index < -0.39 is 29.5 Å². The van der Waals surface area contributed by atoms with Crippen LogP contribution in [0.25, 0.3) is 0 Å². The zero-order chi connectivity index (χ0) is 11.6. The van der Waals surface area contributed by atoms with E-state index >= 15 is 0 Å². The standard InChI is InChI=1S/2C5H5.C4H11Si.Hf/c2*1-2-4-5-3-1;1-5(2,3)4;/h2*1-5H;1H2,2-4H3;/q;;;+1. The van der Waals surface area contributed by atoms with Gasteiger partial charge in [0.15, 0.2) is 0 Å². The molecule has 0 fully saturated rings. The molecule has 0 aromatic heterocycles. The Kier molecular flexibility index (Phi) is 4.01. The Morgan fingerprint density at radius 1 is 0.812 bits per heavy atom. The third-order valence-electron chi connectivity index (χ3n) is 3.09. The van der Waals surface area contributed by atoms with Crippen LogP contribution in [0.15, 0.2) is 48.6 Å². The van der Waals surface area contributed by atoms with Crippen molar-refractivity contribution in [3.05, 3.63) is 48.6 Å². The van der Waals surface area contributed by atoms with Gasteiger partial charge in [0.2, 0.25) is 0 Å². The fourth-order valence-corrected chi connectivity index (χ4v) is 29.2. The number of allylic oxidation sites excluding steroid dienone is 8. The number of rotatable bonds is 4. The molecule has 0 aliphatic heterocycles. The first-order valence-corrected chi connectivity index (χ1v) is 16.5. The summed E-state index contributed by atoms with van der Waals surface area (Å²) in [5.74, 6) is 0. The quantitative estimate of drug-likeness (QED) is 0.604. The van der Waals surface area contributed by atoms with Gasteiger partial charge in [-0.05, 0) is 0 Å². The summed E-state index contributed by atoms with van der Waals surface area (Å²) in [6.07, 6.45) is 18.8. The van der Waals surface area contributed by atoms with Crippen LogP contribution in [-0.2, 0) is 21.4 Å². The van der Waals surface area contributed by atoms with Gasteiger partial charge < -0.3 is 0 Å². The van der Waals surface area contributed by atoms with Crippen molar-refractivity contribution in [2.24, 2.45) is 0 Å². The first-order chi connectivity index (χ1) is 7.56. The fourth-order valence-electron chi connectivity index (χ4n) is 2.43. The van der Waals surface area contributed by atoms with Gasteiger partial charge in [-0.3, -0.25) is 0 Å². The minimum absolute atomic E-state index is 0.870. The van der Waals surface area contributed by atoms with Crippen molar-refractivity contribution in [3.8, 4) is 0 Å². The SMILES string of the molecule is C[Si](C)(C)[CH2][Hf+]([CH]1C=CC=C1)[CH]1C=CC=C1. The van der Waals surface area contributed by atoms with Crippen LogP contribution in [-0.4, -0.2) is 8.07 Å². The zero-order valence-electron chi connectivity index (χ0n) is 10.5. The molecule has 0 radical (unpaired) electrons. The molecular weight excluding hydrogens is 375 g/mol. The summed E-state index contributed by atoms with van der Waals surface area (Å²) in [4.78, 5) is 0. The van der Waals surface area contributed by atoms with Gasteiger partial charge in [0, 0.05) is 0 Å². The Morgan fingerprint density at radius 3 is 1.50 bits per heavy atom. The van der Waals surface area contributed by atoms with Gasteiger partial charge in [-0.15, -0.1) is 0 Å². The predicted octanol–water partition coefficient (Wildman–Crippen LogP) is 4.73. The molecule has 2 heteroatoms. The Hall–Kier alpha value is 0.0470. The molecule has 0 heterocycles. The van der Waals surface area contributed by atoms with E-state index in [0.29, 0.717) is 0 Å². The molecule has 0 saturated heterocycles. The molecule has 0 N–H and O–H groups in total. The molecule has 0 unspecified atom stereocenters. The molecule has 0 spiro atoms. The van der Waals surface area contributed by atoms with Crippen molar-refractivity contribution in [2.45, 2.75) is 30.8 Å². The molecule has 0 saturated carbocycles. The van der Waals surface area contributed by atoms with Crippen molar-refractivity contribution in [1.29, 1.82) is 0 Å². The first kappa shape index (κ1) is 12.5. The van der Waals surface area contributed by atoms with Gasteiger partial charge in [0.25, 0.3) is 0 Å². The van der Waals surface area contributed by atoms with Crippen molar-refractivity contribution in [3.63, 3.8) is 0 Å². The number of hydrogen-bond acceptors (Lipinski definition) is 0. The number of hydrogen-bond donors (Lipinski definition) is 0. The van der Waals surface area contributed by atoms with E-state index in [2.05, 4.69) is 68.2 Å². The second-order valence-electron chi connectivity index (χ2n) is 5.90. The summed E-state index contributed by atoms with van der Waals surface area (Å²) in [6.45, 7) is 7.59. The van der Waals surface area contributed by atoms with Crippen LogP contribution in [0.1, 0.15) is 0 Å². The molecule has 0 bridgehead atoms. The van der Waals surface area contributed by atoms with Crippen molar-refractivity contribution in [2.75, 3.05) is 0 Å². The van der Waals surface area contributed by atoms with Crippen molar-refractivity contribution < 1.29 is 21.4 Å². The maximum absolute atomic E-state index is 2.53. The van der Waals surface area contributed by atoms with Crippen LogP contribution >= 0.6 is 0 Å². The molecule has 2 aliphatic rings. The predicted molar refractivity (Wildman–Crippen MR) is 72.2 cm³/mol. The molecule has 16 heavy (non-hydrogen) atoms. The van der Waals surface area contributed by atoms with Gasteiger partial charge in [-0.1, -0.05) is 0 Å². The monoisotopic (exact) mass is 397 g/mol. The Labute approximate surface area is 108 Å². The Balaban J connectivity index is 2.12. The summed E-state index contributed by atoms with van der Waals surface area (Å²) in [5.41, 5.74) is 0. The fraction of sp³-hybridized carbons (Fsp3) is 0.429. The first-order valence-electron chi connectivity index (χ1n) is 6.12. The molecule has 0 aromatic rings. The Morgan fingerprint density at radius 2 is 1.19 bits per heavy atom. The molecule has 0 aromatic carbocycles. The molecule has 2 rings (SSSR count). The second-order valence-corrected chi connectivity index (χ2v) is 24.1. The zero-order valence-corrected chi connectivity index (χ0v) is 15.1. The van der Waals surface area contributed by atoms with Crippen LogP contribution in [0.3, 0.4) is 0 Å². The minimum atomic E-state index is -1.56. The summed E-state index contributed by atoms with van der Waals surface area (Å²) < 4.78 is 3.36. The average molecular weight is 396 g/mol. The van der Waals surface area contributed by atoms with Gasteiger partial charge in [0.1, 0.15) is 0 Å². The van der Waals surface area contributed by atoms with Crippen LogP contribution in [0.5, 0.6) is 0 Å². The van der Waals surface area contributed by atoms with Crippen molar-refractivity contribution >= 4 is 8.07 Å². The summed E-state index contributed by atoms with van der Waals surface area (Å²) in [7, 11) is -0.896. The Bertz CT molecular complexity index is 305. The second kappa shape index (κ2) is 5.13. The summed E-state index contributed by atoms with van der Waals surface area (Å²) in [6, 6.07) is 0. The maximum atomic E-state index is 2.53. The average Bonchev–Trinajstić information content (AvgIpc) is 2.86. The van der Waals surface area contributed by atoms with E-state index in [4.69, 9.17) is 0 Å². The van der Waals surface area contributed by atoms with Crippen molar-refractivity contribution in [1.82, 2.24) is 0 Å². The molecule has 0 atom stereocenters. The van der Waals surface area contributed by atoms with Crippen LogP contribution in [0.4, 0.5) is 0 Å². The van der Waals surface area contributed by atoms with E-state index in [0.717, 1.165) is 7.35 Å². The van der Waals surface area contributed by atoms with Gasteiger partial charge in [-0.2, -0.15) is 0 Å².